The number of allylic oxidation sites excluding steroid dienone is 1. The Morgan fingerprint density at radius 3 is 2.00 bits per heavy atom. The lowest BCUT2D eigenvalue weighted by Gasteiger charge is -1.80. The van der Waals surface area contributed by atoms with Gasteiger partial charge in [-0.2, -0.15) is 0 Å². The molecule has 0 aliphatic rings. The second-order valence-electron chi connectivity index (χ2n) is 1.74. The zero-order valence-corrected chi connectivity index (χ0v) is 6.10. The van der Waals surface area contributed by atoms with E-state index in [2.05, 4.69) is 0 Å². The van der Waals surface area contributed by atoms with Crippen molar-refractivity contribution in [1.82, 2.24) is 0 Å². The van der Waals surface area contributed by atoms with Crippen molar-refractivity contribution in [3.8, 4) is 0 Å². The van der Waals surface area contributed by atoms with E-state index in [1.165, 1.54) is 6.92 Å². The normalized spacial score (nSPS) is 12.2. The minimum atomic E-state index is -3.12. The number of carbonyl (C=O) groups is 1. The van der Waals surface area contributed by atoms with Crippen LogP contribution in [0.2, 0.25) is 0 Å². The Morgan fingerprint density at radius 1 is 1.44 bits per heavy atom. The lowest BCUT2D eigenvalue weighted by atomic mass is 10.5. The van der Waals surface area contributed by atoms with Gasteiger partial charge in [-0.25, -0.2) is 8.42 Å². The molecule has 52 valence electrons. The van der Waals surface area contributed by atoms with Crippen LogP contribution in [0.3, 0.4) is 0 Å². The summed E-state index contributed by atoms with van der Waals surface area (Å²) in [4.78, 5) is 10.1. The molecule has 0 aliphatic carbocycles. The summed E-state index contributed by atoms with van der Waals surface area (Å²) in [7, 11) is -3.12. The Labute approximate surface area is 54.3 Å². The van der Waals surface area contributed by atoms with Gasteiger partial charge in [0.15, 0.2) is 15.6 Å². The summed E-state index contributed by atoms with van der Waals surface area (Å²) in [6.45, 7) is 1.29. The molecule has 0 fully saturated rings. The Kier molecular flexibility index (Phi) is 2.58. The largest absolute Gasteiger partial charge is 0.295 e. The first-order chi connectivity index (χ1) is 3.92. The van der Waals surface area contributed by atoms with Crippen molar-refractivity contribution < 1.29 is 13.2 Å². The SMILES string of the molecule is CC(=O)/C=C/S(C)(=O)=O. The summed E-state index contributed by atoms with van der Waals surface area (Å²) < 4.78 is 20.6. The lowest BCUT2D eigenvalue weighted by Crippen LogP contribution is -1.90. The molecule has 0 amide bonds. The van der Waals surface area contributed by atoms with Gasteiger partial charge in [0.1, 0.15) is 0 Å². The highest BCUT2D eigenvalue weighted by molar-refractivity contribution is 7.93. The van der Waals surface area contributed by atoms with Crippen LogP contribution >= 0.6 is 0 Å². The van der Waals surface area contributed by atoms with E-state index in [0.717, 1.165) is 17.7 Å². The molecule has 0 atom stereocenters. The molecule has 0 saturated carbocycles. The van der Waals surface area contributed by atoms with Crippen LogP contribution in [-0.4, -0.2) is 20.5 Å². The first-order valence-corrected chi connectivity index (χ1v) is 4.26. The first kappa shape index (κ1) is 8.36. The molecule has 0 unspecified atom stereocenters. The second-order valence-corrected chi connectivity index (χ2v) is 3.67. The van der Waals surface area contributed by atoms with E-state index in [0.29, 0.717) is 0 Å². The maximum absolute atomic E-state index is 10.3. The molecule has 0 aromatic rings. The first-order valence-electron chi connectivity index (χ1n) is 2.30. The Balaban J connectivity index is 4.21. The molecular weight excluding hydrogens is 140 g/mol. The molecule has 0 aromatic heterocycles. The van der Waals surface area contributed by atoms with Crippen LogP contribution in [0.4, 0.5) is 0 Å². The van der Waals surface area contributed by atoms with E-state index in [4.69, 9.17) is 0 Å². The summed E-state index contributed by atoms with van der Waals surface area (Å²) in [6, 6.07) is 0. The Morgan fingerprint density at radius 2 is 1.89 bits per heavy atom. The molecule has 0 radical (unpaired) electrons. The third-order valence-electron chi connectivity index (χ3n) is 0.550. The standard InChI is InChI=1S/C5H8O3S/c1-5(6)3-4-9(2,7)8/h3-4H,1-2H3/b4-3+. The average molecular weight is 148 g/mol. The van der Waals surface area contributed by atoms with Crippen LogP contribution < -0.4 is 0 Å². The van der Waals surface area contributed by atoms with Crippen LogP contribution in [0, 0.1) is 0 Å². The van der Waals surface area contributed by atoms with Crippen molar-refractivity contribution in [2.24, 2.45) is 0 Å². The molecule has 0 spiro atoms. The summed E-state index contributed by atoms with van der Waals surface area (Å²) in [6.07, 6.45) is 2.06. The zero-order valence-electron chi connectivity index (χ0n) is 5.29. The van der Waals surface area contributed by atoms with Gasteiger partial charge in [-0.05, 0) is 13.0 Å². The Bertz CT molecular complexity index is 223. The monoisotopic (exact) mass is 148 g/mol. The minimum absolute atomic E-state index is 0.263. The quantitative estimate of drug-likeness (QED) is 0.523. The fourth-order valence-electron chi connectivity index (χ4n) is 0.219. The van der Waals surface area contributed by atoms with E-state index in [1.807, 2.05) is 0 Å². The van der Waals surface area contributed by atoms with Crippen molar-refractivity contribution in [2.75, 3.05) is 6.26 Å². The highest BCUT2D eigenvalue weighted by atomic mass is 32.2. The maximum atomic E-state index is 10.3. The lowest BCUT2D eigenvalue weighted by molar-refractivity contribution is -0.112. The predicted molar refractivity (Wildman–Crippen MR) is 34.7 cm³/mol. The topological polar surface area (TPSA) is 51.2 Å². The fraction of sp³-hybridized carbons (Fsp3) is 0.400. The minimum Gasteiger partial charge on any atom is -0.295 e. The van der Waals surface area contributed by atoms with Crippen LogP contribution in [0.15, 0.2) is 11.5 Å². The van der Waals surface area contributed by atoms with E-state index in [1.54, 1.807) is 0 Å². The van der Waals surface area contributed by atoms with Gasteiger partial charge < -0.3 is 0 Å². The maximum Gasteiger partial charge on any atom is 0.168 e. The molecule has 0 aliphatic heterocycles. The molecule has 9 heavy (non-hydrogen) atoms. The average Bonchev–Trinajstić information content (AvgIpc) is 1.59. The fourth-order valence-corrected chi connectivity index (χ4v) is 0.658. The van der Waals surface area contributed by atoms with Crippen molar-refractivity contribution in [3.63, 3.8) is 0 Å². The van der Waals surface area contributed by atoms with Crippen LogP contribution in [-0.2, 0) is 14.6 Å². The van der Waals surface area contributed by atoms with Gasteiger partial charge in [-0.15, -0.1) is 0 Å². The number of ketones is 1. The smallest absolute Gasteiger partial charge is 0.168 e. The van der Waals surface area contributed by atoms with Crippen LogP contribution in [0.5, 0.6) is 0 Å². The molecule has 0 heterocycles. The van der Waals surface area contributed by atoms with Crippen molar-refractivity contribution in [1.29, 1.82) is 0 Å². The van der Waals surface area contributed by atoms with E-state index >= 15 is 0 Å². The molecule has 4 heteroatoms. The molecule has 0 aromatic carbocycles. The highest BCUT2D eigenvalue weighted by Gasteiger charge is 1.92. The molecule has 0 saturated heterocycles. The zero-order chi connectivity index (χ0) is 7.49. The van der Waals surface area contributed by atoms with Gasteiger partial charge in [-0.3, -0.25) is 4.79 Å². The molecule has 0 N–H and O–H groups in total. The van der Waals surface area contributed by atoms with E-state index in [9.17, 15) is 13.2 Å². The third-order valence-corrected chi connectivity index (χ3v) is 1.18. The number of carbonyl (C=O) groups excluding carboxylic acids is 1. The number of hydrogen-bond acceptors (Lipinski definition) is 3. The molecule has 0 bridgehead atoms. The summed E-state index contributed by atoms with van der Waals surface area (Å²) in [5, 5.41) is 0.884. The van der Waals surface area contributed by atoms with Crippen molar-refractivity contribution in [2.45, 2.75) is 6.92 Å². The second kappa shape index (κ2) is 2.77. The third kappa shape index (κ3) is 7.36. The summed E-state index contributed by atoms with van der Waals surface area (Å²) >= 11 is 0. The number of rotatable bonds is 2. The Hall–Kier alpha value is -0.640. The van der Waals surface area contributed by atoms with Crippen molar-refractivity contribution in [3.05, 3.63) is 11.5 Å². The van der Waals surface area contributed by atoms with Crippen LogP contribution in [0.25, 0.3) is 0 Å². The number of sulfone groups is 1. The van der Waals surface area contributed by atoms with Gasteiger partial charge in [0.25, 0.3) is 0 Å². The van der Waals surface area contributed by atoms with Crippen molar-refractivity contribution >= 4 is 15.6 Å². The van der Waals surface area contributed by atoms with Gasteiger partial charge >= 0.3 is 0 Å². The molecular formula is C5H8O3S. The van der Waals surface area contributed by atoms with E-state index in [-0.39, 0.29) is 5.78 Å². The van der Waals surface area contributed by atoms with Gasteiger partial charge in [-0.1, -0.05) is 0 Å². The molecule has 3 nitrogen and oxygen atoms in total. The predicted octanol–water partition coefficient (Wildman–Crippen LogP) is 0.134. The van der Waals surface area contributed by atoms with Gasteiger partial charge in [0, 0.05) is 11.7 Å². The van der Waals surface area contributed by atoms with Crippen LogP contribution in [0.1, 0.15) is 6.92 Å². The summed E-state index contributed by atoms with van der Waals surface area (Å²) in [5.74, 6) is -0.263. The highest BCUT2D eigenvalue weighted by Crippen LogP contribution is 1.84. The van der Waals surface area contributed by atoms with E-state index < -0.39 is 9.84 Å². The number of hydrogen-bond donors (Lipinski definition) is 0. The van der Waals surface area contributed by atoms with Gasteiger partial charge in [0.05, 0.1) is 0 Å². The summed E-state index contributed by atoms with van der Waals surface area (Å²) in [5.41, 5.74) is 0. The van der Waals surface area contributed by atoms with Gasteiger partial charge in [0.2, 0.25) is 0 Å². The molecule has 0 rings (SSSR count).